The highest BCUT2D eigenvalue weighted by Gasteiger charge is 2.21. The Morgan fingerprint density at radius 3 is 2.67 bits per heavy atom. The minimum atomic E-state index is -0.0481. The number of benzene rings is 2. The molecule has 0 atom stereocenters. The van der Waals surface area contributed by atoms with Crippen LogP contribution in [0.25, 0.3) is 33.5 Å². The van der Waals surface area contributed by atoms with E-state index in [0.717, 1.165) is 53.0 Å². The van der Waals surface area contributed by atoms with Gasteiger partial charge in [-0.25, -0.2) is 9.97 Å². The standard InChI is InChI=1S/C31H36N6O3/c1-19-14-22(15-23-18-37(10-7-24(19)23)11-8-28(39)32-9-12-38)27-17-34-30-29(35-27)26(16-33-30)21-5-6-25(20(2)13-21)31(40)36(3)4/h5-6,13-17,38H,7-12,18H2,1-4H3,(H,32,39)(H,33,34). The number of aliphatic hydroxyl groups is 1. The molecule has 0 saturated carbocycles. The number of nitrogens with one attached hydrogen (secondary N) is 2. The fourth-order valence-electron chi connectivity index (χ4n) is 5.42. The third kappa shape index (κ3) is 5.61. The molecule has 9 heteroatoms. The molecular weight excluding hydrogens is 504 g/mol. The third-order valence-electron chi connectivity index (χ3n) is 7.58. The fraction of sp³-hybridized carbons (Fsp3) is 0.355. The number of fused-ring (bicyclic) bond motifs is 2. The van der Waals surface area contributed by atoms with E-state index in [-0.39, 0.29) is 18.4 Å². The van der Waals surface area contributed by atoms with Crippen LogP contribution in [0.2, 0.25) is 0 Å². The maximum Gasteiger partial charge on any atom is 0.253 e. The van der Waals surface area contributed by atoms with Gasteiger partial charge in [-0.05, 0) is 66.3 Å². The summed E-state index contributed by atoms with van der Waals surface area (Å²) in [4.78, 5) is 41.3. The first-order valence-corrected chi connectivity index (χ1v) is 13.6. The van der Waals surface area contributed by atoms with Gasteiger partial charge in [0, 0.05) is 69.6 Å². The number of aromatic amines is 1. The second-order valence-corrected chi connectivity index (χ2v) is 10.7. The van der Waals surface area contributed by atoms with Crippen molar-refractivity contribution in [1.82, 2.24) is 30.1 Å². The van der Waals surface area contributed by atoms with Gasteiger partial charge in [-0.3, -0.25) is 14.5 Å². The number of carbonyl (C=O) groups is 2. The van der Waals surface area contributed by atoms with Crippen LogP contribution in [-0.2, 0) is 17.8 Å². The number of hydrogen-bond donors (Lipinski definition) is 3. The van der Waals surface area contributed by atoms with Gasteiger partial charge in [0.15, 0.2) is 5.65 Å². The number of carbonyl (C=O) groups excluding carboxylic acids is 2. The number of aryl methyl sites for hydroxylation is 2. The smallest absolute Gasteiger partial charge is 0.253 e. The van der Waals surface area contributed by atoms with Crippen molar-refractivity contribution in [3.05, 3.63) is 70.5 Å². The molecule has 40 heavy (non-hydrogen) atoms. The predicted molar refractivity (Wildman–Crippen MR) is 156 cm³/mol. The van der Waals surface area contributed by atoms with Crippen molar-refractivity contribution in [2.24, 2.45) is 0 Å². The Balaban J connectivity index is 1.42. The molecule has 0 unspecified atom stereocenters. The quantitative estimate of drug-likeness (QED) is 0.315. The Hall–Kier alpha value is -4.08. The van der Waals surface area contributed by atoms with Gasteiger partial charge < -0.3 is 20.3 Å². The van der Waals surface area contributed by atoms with E-state index in [9.17, 15) is 9.59 Å². The topological polar surface area (TPSA) is 114 Å². The summed E-state index contributed by atoms with van der Waals surface area (Å²) >= 11 is 0. The molecule has 2 aromatic carbocycles. The molecule has 0 saturated heterocycles. The number of amides is 2. The van der Waals surface area contributed by atoms with Gasteiger partial charge in [0.1, 0.15) is 5.52 Å². The molecule has 9 nitrogen and oxygen atoms in total. The summed E-state index contributed by atoms with van der Waals surface area (Å²) in [5, 5.41) is 11.6. The molecule has 2 aromatic heterocycles. The van der Waals surface area contributed by atoms with Crippen LogP contribution in [0.5, 0.6) is 0 Å². The van der Waals surface area contributed by atoms with Gasteiger partial charge in [-0.1, -0.05) is 12.1 Å². The molecule has 0 spiro atoms. The summed E-state index contributed by atoms with van der Waals surface area (Å²) in [7, 11) is 3.51. The van der Waals surface area contributed by atoms with Crippen LogP contribution in [0.3, 0.4) is 0 Å². The van der Waals surface area contributed by atoms with Gasteiger partial charge in [0.2, 0.25) is 5.91 Å². The first-order chi connectivity index (χ1) is 19.2. The SMILES string of the molecule is Cc1cc(-c2c[nH]c3ncc(-c4cc(C)c5c(c4)CN(CCC(=O)NCCO)CC5)nc23)ccc1C(=O)N(C)C. The molecule has 5 rings (SSSR count). The Morgan fingerprint density at radius 1 is 1.12 bits per heavy atom. The monoisotopic (exact) mass is 540 g/mol. The molecule has 0 aliphatic carbocycles. The highest BCUT2D eigenvalue weighted by Crippen LogP contribution is 2.32. The molecule has 0 bridgehead atoms. The molecule has 3 heterocycles. The lowest BCUT2D eigenvalue weighted by atomic mass is 9.92. The van der Waals surface area contributed by atoms with Gasteiger partial charge in [0.05, 0.1) is 18.5 Å². The number of nitrogens with zero attached hydrogens (tertiary/aromatic N) is 4. The zero-order valence-electron chi connectivity index (χ0n) is 23.5. The van der Waals surface area contributed by atoms with Gasteiger partial charge in [-0.15, -0.1) is 0 Å². The van der Waals surface area contributed by atoms with Gasteiger partial charge >= 0.3 is 0 Å². The lowest BCUT2D eigenvalue weighted by molar-refractivity contribution is -0.121. The Kier molecular flexibility index (Phi) is 7.95. The van der Waals surface area contributed by atoms with E-state index >= 15 is 0 Å². The molecule has 1 aliphatic heterocycles. The van der Waals surface area contributed by atoms with Crippen LogP contribution >= 0.6 is 0 Å². The van der Waals surface area contributed by atoms with Gasteiger partial charge in [0.25, 0.3) is 5.91 Å². The number of aromatic nitrogens is 3. The van der Waals surface area contributed by atoms with Crippen molar-refractivity contribution in [3.63, 3.8) is 0 Å². The van der Waals surface area contributed by atoms with Crippen molar-refractivity contribution in [1.29, 1.82) is 0 Å². The van der Waals surface area contributed by atoms with Crippen molar-refractivity contribution in [2.75, 3.05) is 40.3 Å². The summed E-state index contributed by atoms with van der Waals surface area (Å²) < 4.78 is 0. The summed E-state index contributed by atoms with van der Waals surface area (Å²) in [5.74, 6) is -0.0545. The predicted octanol–water partition coefficient (Wildman–Crippen LogP) is 3.47. The van der Waals surface area contributed by atoms with Crippen LogP contribution in [0, 0.1) is 13.8 Å². The lowest BCUT2D eigenvalue weighted by Gasteiger charge is -2.30. The fourth-order valence-corrected chi connectivity index (χ4v) is 5.42. The summed E-state index contributed by atoms with van der Waals surface area (Å²) in [6, 6.07) is 10.2. The van der Waals surface area contributed by atoms with E-state index in [1.165, 1.54) is 16.7 Å². The van der Waals surface area contributed by atoms with E-state index in [2.05, 4.69) is 39.2 Å². The Bertz CT molecular complexity index is 1580. The summed E-state index contributed by atoms with van der Waals surface area (Å²) in [6.45, 7) is 6.71. The molecule has 0 radical (unpaired) electrons. The highest BCUT2D eigenvalue weighted by atomic mass is 16.3. The van der Waals surface area contributed by atoms with Crippen molar-refractivity contribution >= 4 is 23.0 Å². The second-order valence-electron chi connectivity index (χ2n) is 10.7. The normalized spacial score (nSPS) is 13.3. The van der Waals surface area contributed by atoms with Gasteiger partial charge in [-0.2, -0.15) is 0 Å². The van der Waals surface area contributed by atoms with Crippen LogP contribution in [0.4, 0.5) is 0 Å². The van der Waals surface area contributed by atoms with E-state index in [1.54, 1.807) is 25.2 Å². The van der Waals surface area contributed by atoms with E-state index in [1.807, 2.05) is 31.3 Å². The number of rotatable bonds is 8. The van der Waals surface area contributed by atoms with Crippen molar-refractivity contribution in [2.45, 2.75) is 33.2 Å². The van der Waals surface area contributed by atoms with Crippen LogP contribution < -0.4 is 5.32 Å². The highest BCUT2D eigenvalue weighted by molar-refractivity contribution is 5.97. The summed E-state index contributed by atoms with van der Waals surface area (Å²) in [6.07, 6.45) is 5.08. The summed E-state index contributed by atoms with van der Waals surface area (Å²) in [5.41, 5.74) is 10.7. The number of aliphatic hydroxyl groups excluding tert-OH is 1. The number of H-pyrrole nitrogens is 1. The Labute approximate surface area is 234 Å². The Morgan fingerprint density at radius 2 is 1.93 bits per heavy atom. The third-order valence-corrected chi connectivity index (χ3v) is 7.58. The van der Waals surface area contributed by atoms with E-state index < -0.39 is 0 Å². The molecular formula is C31H36N6O3. The molecule has 4 aromatic rings. The average Bonchev–Trinajstić information content (AvgIpc) is 3.37. The maximum atomic E-state index is 12.5. The van der Waals surface area contributed by atoms with E-state index in [4.69, 9.17) is 10.1 Å². The largest absolute Gasteiger partial charge is 0.395 e. The molecule has 208 valence electrons. The van der Waals surface area contributed by atoms with Crippen molar-refractivity contribution < 1.29 is 14.7 Å². The molecule has 3 N–H and O–H groups in total. The zero-order valence-corrected chi connectivity index (χ0v) is 23.5. The average molecular weight is 541 g/mol. The lowest BCUT2D eigenvalue weighted by Crippen LogP contribution is -2.35. The zero-order chi connectivity index (χ0) is 28.4. The second kappa shape index (κ2) is 11.6. The molecule has 2 amide bonds. The van der Waals surface area contributed by atoms with Crippen LogP contribution in [0.1, 0.15) is 39.0 Å². The first-order valence-electron chi connectivity index (χ1n) is 13.6. The van der Waals surface area contributed by atoms with Crippen LogP contribution in [-0.4, -0.2) is 82.0 Å². The number of hydrogen-bond acceptors (Lipinski definition) is 6. The maximum absolute atomic E-state index is 12.5. The minimum absolute atomic E-state index is 0.0173. The van der Waals surface area contributed by atoms with Crippen molar-refractivity contribution in [3.8, 4) is 22.4 Å². The van der Waals surface area contributed by atoms with E-state index in [0.29, 0.717) is 30.7 Å². The first kappa shape index (κ1) is 27.5. The minimum Gasteiger partial charge on any atom is -0.395 e. The van der Waals surface area contributed by atoms with Crippen LogP contribution in [0.15, 0.2) is 42.7 Å². The molecule has 1 aliphatic rings. The molecule has 0 fully saturated rings.